The van der Waals surface area contributed by atoms with Gasteiger partial charge < -0.3 is 10.2 Å². The lowest BCUT2D eigenvalue weighted by Crippen LogP contribution is -2.35. The van der Waals surface area contributed by atoms with Crippen LogP contribution >= 0.6 is 0 Å². The first kappa shape index (κ1) is 12.7. The molecule has 2 aromatic rings. The molecule has 2 heterocycles. The van der Waals surface area contributed by atoms with Crippen molar-refractivity contribution in [1.82, 2.24) is 20.0 Å². The minimum atomic E-state index is -0.244. The first-order valence-corrected chi connectivity index (χ1v) is 6.52. The van der Waals surface area contributed by atoms with E-state index in [2.05, 4.69) is 15.4 Å². The van der Waals surface area contributed by atoms with Gasteiger partial charge in [0.25, 0.3) is 0 Å². The molecule has 20 heavy (non-hydrogen) atoms. The second kappa shape index (κ2) is 5.32. The van der Waals surface area contributed by atoms with Crippen molar-refractivity contribution in [2.45, 2.75) is 6.54 Å². The molecule has 1 aromatic heterocycles. The molecular formula is C14H16FN5. The fourth-order valence-corrected chi connectivity index (χ4v) is 2.24. The van der Waals surface area contributed by atoms with Crippen LogP contribution in [0.2, 0.25) is 0 Å². The van der Waals surface area contributed by atoms with Crippen molar-refractivity contribution < 1.29 is 4.39 Å². The van der Waals surface area contributed by atoms with Crippen LogP contribution in [0.15, 0.2) is 41.7 Å². The summed E-state index contributed by atoms with van der Waals surface area (Å²) in [5.41, 5.74) is 1.32. The predicted molar refractivity (Wildman–Crippen MR) is 75.3 cm³/mol. The second-order valence-corrected chi connectivity index (χ2v) is 4.67. The van der Waals surface area contributed by atoms with Gasteiger partial charge in [-0.2, -0.15) is 5.10 Å². The lowest BCUT2D eigenvalue weighted by molar-refractivity contribution is 0.530. The van der Waals surface area contributed by atoms with Gasteiger partial charge in [-0.05, 0) is 18.2 Å². The third-order valence-corrected chi connectivity index (χ3v) is 3.33. The van der Waals surface area contributed by atoms with E-state index in [1.165, 1.54) is 6.07 Å². The Kier molecular flexibility index (Phi) is 3.37. The average molecular weight is 273 g/mol. The number of aromatic nitrogens is 2. The summed E-state index contributed by atoms with van der Waals surface area (Å²) in [6, 6.07) is 6.82. The lowest BCUT2D eigenvalue weighted by atomic mass is 10.1. The molecule has 0 amide bonds. The molecule has 0 saturated carbocycles. The van der Waals surface area contributed by atoms with Crippen molar-refractivity contribution in [1.29, 1.82) is 0 Å². The number of guanidine groups is 1. The van der Waals surface area contributed by atoms with Crippen molar-refractivity contribution >= 4 is 5.96 Å². The zero-order valence-electron chi connectivity index (χ0n) is 11.3. The first-order valence-electron chi connectivity index (χ1n) is 6.52. The molecule has 1 aliphatic rings. The molecule has 0 saturated heterocycles. The molecule has 0 radical (unpaired) electrons. The van der Waals surface area contributed by atoms with E-state index in [1.54, 1.807) is 23.1 Å². The van der Waals surface area contributed by atoms with Crippen LogP contribution in [0.4, 0.5) is 4.39 Å². The zero-order chi connectivity index (χ0) is 13.9. The zero-order valence-corrected chi connectivity index (χ0v) is 11.3. The number of hydrogen-bond acceptors (Lipinski definition) is 4. The highest BCUT2D eigenvalue weighted by molar-refractivity contribution is 5.81. The second-order valence-electron chi connectivity index (χ2n) is 4.67. The Morgan fingerprint density at radius 3 is 2.95 bits per heavy atom. The maximum Gasteiger partial charge on any atom is 0.194 e. The average Bonchev–Trinajstić information content (AvgIpc) is 3.09. The SMILES string of the molecule is CN1CCN=C1NCc1c(F)cccc1-n1cccn1. The van der Waals surface area contributed by atoms with Crippen LogP contribution in [-0.2, 0) is 6.54 Å². The standard InChI is InChI=1S/C14H16FN5/c1-19-9-7-16-14(19)17-10-11-12(15)4-2-5-13(11)20-8-3-6-18-20/h2-6,8H,7,9-10H2,1H3,(H,16,17). The minimum Gasteiger partial charge on any atom is -0.352 e. The molecule has 1 N–H and O–H groups in total. The monoisotopic (exact) mass is 273 g/mol. The highest BCUT2D eigenvalue weighted by Gasteiger charge is 2.15. The van der Waals surface area contributed by atoms with E-state index in [-0.39, 0.29) is 5.82 Å². The number of aliphatic imine (C=N–C) groups is 1. The topological polar surface area (TPSA) is 45.5 Å². The third-order valence-electron chi connectivity index (χ3n) is 3.33. The van der Waals surface area contributed by atoms with Crippen LogP contribution < -0.4 is 5.32 Å². The molecule has 0 bridgehead atoms. The number of benzene rings is 1. The fourth-order valence-electron chi connectivity index (χ4n) is 2.24. The summed E-state index contributed by atoms with van der Waals surface area (Å²) in [6.45, 7) is 2.05. The number of hydrogen-bond donors (Lipinski definition) is 1. The molecule has 1 aliphatic heterocycles. The lowest BCUT2D eigenvalue weighted by Gasteiger charge is -2.17. The molecule has 0 unspecified atom stereocenters. The molecule has 0 fully saturated rings. The first-order chi connectivity index (χ1) is 9.75. The van der Waals surface area contributed by atoms with Gasteiger partial charge >= 0.3 is 0 Å². The molecule has 6 heteroatoms. The van der Waals surface area contributed by atoms with E-state index < -0.39 is 0 Å². The van der Waals surface area contributed by atoms with Gasteiger partial charge in [0.05, 0.1) is 12.2 Å². The van der Waals surface area contributed by atoms with E-state index in [0.29, 0.717) is 12.1 Å². The van der Waals surface area contributed by atoms with Crippen molar-refractivity contribution in [2.24, 2.45) is 4.99 Å². The van der Waals surface area contributed by atoms with Crippen LogP contribution in [0.1, 0.15) is 5.56 Å². The predicted octanol–water partition coefficient (Wildman–Crippen LogP) is 1.40. The van der Waals surface area contributed by atoms with Gasteiger partial charge in [0, 0.05) is 38.1 Å². The number of nitrogens with zero attached hydrogens (tertiary/aromatic N) is 4. The number of halogens is 1. The maximum atomic E-state index is 14.1. The Balaban J connectivity index is 1.85. The van der Waals surface area contributed by atoms with E-state index in [0.717, 1.165) is 24.7 Å². The quantitative estimate of drug-likeness (QED) is 0.919. The summed E-state index contributed by atoms with van der Waals surface area (Å²) in [7, 11) is 1.97. The van der Waals surface area contributed by atoms with E-state index in [9.17, 15) is 4.39 Å². The summed E-state index contributed by atoms with van der Waals surface area (Å²) in [4.78, 5) is 6.36. The largest absolute Gasteiger partial charge is 0.352 e. The Labute approximate surface area is 116 Å². The van der Waals surface area contributed by atoms with Gasteiger partial charge in [-0.25, -0.2) is 9.07 Å². The van der Waals surface area contributed by atoms with Gasteiger partial charge in [0.1, 0.15) is 5.82 Å². The Bertz CT molecular complexity index is 620. The molecule has 3 rings (SSSR count). The van der Waals surface area contributed by atoms with Crippen LogP contribution in [0.25, 0.3) is 5.69 Å². The van der Waals surface area contributed by atoms with E-state index in [4.69, 9.17) is 0 Å². The number of nitrogens with one attached hydrogen (secondary N) is 1. The molecule has 5 nitrogen and oxygen atoms in total. The van der Waals surface area contributed by atoms with Crippen LogP contribution in [0, 0.1) is 5.82 Å². The number of likely N-dealkylation sites (N-methyl/N-ethyl adjacent to an activating group) is 1. The summed E-state index contributed by atoms with van der Waals surface area (Å²) in [5.74, 6) is 0.561. The molecule has 0 atom stereocenters. The maximum absolute atomic E-state index is 14.1. The van der Waals surface area contributed by atoms with Crippen LogP contribution in [-0.4, -0.2) is 40.8 Å². The van der Waals surface area contributed by atoms with Gasteiger partial charge in [0.2, 0.25) is 0 Å². The third kappa shape index (κ3) is 2.36. The van der Waals surface area contributed by atoms with E-state index in [1.807, 2.05) is 24.1 Å². The molecule has 1 aromatic carbocycles. The van der Waals surface area contributed by atoms with Crippen molar-refractivity contribution in [2.75, 3.05) is 20.1 Å². The highest BCUT2D eigenvalue weighted by Crippen LogP contribution is 2.17. The summed E-state index contributed by atoms with van der Waals surface area (Å²) >= 11 is 0. The minimum absolute atomic E-state index is 0.244. The van der Waals surface area contributed by atoms with Gasteiger partial charge in [-0.15, -0.1) is 0 Å². The number of rotatable bonds is 3. The molecular weight excluding hydrogens is 257 g/mol. The smallest absolute Gasteiger partial charge is 0.194 e. The summed E-state index contributed by atoms with van der Waals surface area (Å²) in [5, 5.41) is 7.35. The van der Waals surface area contributed by atoms with Gasteiger partial charge in [-0.1, -0.05) is 6.07 Å². The fraction of sp³-hybridized carbons (Fsp3) is 0.286. The molecule has 0 spiro atoms. The summed E-state index contributed by atoms with van der Waals surface area (Å²) < 4.78 is 15.7. The Morgan fingerprint density at radius 1 is 1.35 bits per heavy atom. The van der Waals surface area contributed by atoms with Gasteiger partial charge in [0.15, 0.2) is 5.96 Å². The van der Waals surface area contributed by atoms with Crippen molar-refractivity contribution in [3.05, 3.63) is 48.0 Å². The molecule has 0 aliphatic carbocycles. The normalized spacial score (nSPS) is 14.5. The molecule has 104 valence electrons. The van der Waals surface area contributed by atoms with Crippen LogP contribution in [0.3, 0.4) is 0 Å². The highest BCUT2D eigenvalue weighted by atomic mass is 19.1. The Hall–Kier alpha value is -2.37. The summed E-state index contributed by atoms with van der Waals surface area (Å²) in [6.07, 6.45) is 3.48. The van der Waals surface area contributed by atoms with Gasteiger partial charge in [-0.3, -0.25) is 4.99 Å². The van der Waals surface area contributed by atoms with E-state index >= 15 is 0 Å². The van der Waals surface area contributed by atoms with Crippen molar-refractivity contribution in [3.63, 3.8) is 0 Å². The van der Waals surface area contributed by atoms with Crippen LogP contribution in [0.5, 0.6) is 0 Å². The Morgan fingerprint density at radius 2 is 2.25 bits per heavy atom. The van der Waals surface area contributed by atoms with Crippen molar-refractivity contribution in [3.8, 4) is 5.69 Å².